The smallest absolute Gasteiger partial charge is 0.134 e. The molecule has 0 unspecified atom stereocenters. The maximum absolute atomic E-state index is 9.22. The highest BCUT2D eigenvalue weighted by Gasteiger charge is 2.12. The highest BCUT2D eigenvalue weighted by molar-refractivity contribution is 6.32. The van der Waals surface area contributed by atoms with Crippen molar-refractivity contribution < 1.29 is 5.11 Å². The lowest BCUT2D eigenvalue weighted by Gasteiger charge is -2.00. The number of phenolic OH excluding ortho intramolecular Hbond substituents is 1. The Morgan fingerprint density at radius 1 is 1.27 bits per heavy atom. The van der Waals surface area contributed by atoms with E-state index in [1.807, 2.05) is 6.07 Å². The third-order valence-electron chi connectivity index (χ3n) is 1.90. The van der Waals surface area contributed by atoms with Gasteiger partial charge in [-0.15, -0.1) is 0 Å². The molecule has 58 valence electrons. The summed E-state index contributed by atoms with van der Waals surface area (Å²) in [6, 6.07) is 3.53. The van der Waals surface area contributed by atoms with Gasteiger partial charge in [0.2, 0.25) is 0 Å². The van der Waals surface area contributed by atoms with Crippen LogP contribution in [-0.2, 0) is 13.1 Å². The minimum absolute atomic E-state index is 0.175. The van der Waals surface area contributed by atoms with Crippen molar-refractivity contribution in [2.45, 2.75) is 13.1 Å². The number of fused-ring (bicyclic) bond motifs is 1. The maximum atomic E-state index is 9.22. The first-order chi connectivity index (χ1) is 5.27. The van der Waals surface area contributed by atoms with Gasteiger partial charge in [-0.05, 0) is 23.3 Å². The van der Waals surface area contributed by atoms with Gasteiger partial charge in [0.15, 0.2) is 0 Å². The van der Waals surface area contributed by atoms with E-state index in [9.17, 15) is 5.11 Å². The summed E-state index contributed by atoms with van der Waals surface area (Å²) in [4.78, 5) is 0. The van der Waals surface area contributed by atoms with E-state index >= 15 is 0 Å². The van der Waals surface area contributed by atoms with E-state index in [1.54, 1.807) is 6.07 Å². The molecule has 0 radical (unpaired) electrons. The summed E-state index contributed by atoms with van der Waals surface area (Å²) in [6.45, 7) is 1.69. The molecule has 3 heteroatoms. The monoisotopic (exact) mass is 169 g/mol. The van der Waals surface area contributed by atoms with Crippen molar-refractivity contribution >= 4 is 11.6 Å². The van der Waals surface area contributed by atoms with Gasteiger partial charge in [0.25, 0.3) is 0 Å². The zero-order chi connectivity index (χ0) is 7.84. The van der Waals surface area contributed by atoms with Crippen molar-refractivity contribution in [1.29, 1.82) is 0 Å². The molecule has 0 amide bonds. The van der Waals surface area contributed by atoms with Crippen LogP contribution in [0.15, 0.2) is 12.1 Å². The molecule has 0 spiro atoms. The molecule has 1 aromatic rings. The molecule has 1 aliphatic rings. The van der Waals surface area contributed by atoms with Crippen LogP contribution in [0.5, 0.6) is 5.75 Å². The first-order valence-electron chi connectivity index (χ1n) is 3.48. The Kier molecular flexibility index (Phi) is 1.51. The molecule has 11 heavy (non-hydrogen) atoms. The predicted molar refractivity (Wildman–Crippen MR) is 43.7 cm³/mol. The summed E-state index contributed by atoms with van der Waals surface area (Å²) in [7, 11) is 0. The summed E-state index contributed by atoms with van der Waals surface area (Å²) in [5.41, 5.74) is 2.33. The number of hydrogen-bond donors (Lipinski definition) is 2. The Bertz CT molecular complexity index is 269. The fourth-order valence-corrected chi connectivity index (χ4v) is 1.49. The van der Waals surface area contributed by atoms with Crippen molar-refractivity contribution in [3.63, 3.8) is 0 Å². The second kappa shape index (κ2) is 2.40. The Hall–Kier alpha value is -0.730. The van der Waals surface area contributed by atoms with Crippen molar-refractivity contribution in [1.82, 2.24) is 5.32 Å². The van der Waals surface area contributed by atoms with Gasteiger partial charge in [0.05, 0.1) is 5.02 Å². The molecule has 2 N–H and O–H groups in total. The third kappa shape index (κ3) is 1.08. The Morgan fingerprint density at radius 2 is 1.91 bits per heavy atom. The van der Waals surface area contributed by atoms with E-state index in [1.165, 1.54) is 5.56 Å². The fourth-order valence-electron chi connectivity index (χ4n) is 1.31. The van der Waals surface area contributed by atoms with Gasteiger partial charge in [-0.3, -0.25) is 0 Å². The van der Waals surface area contributed by atoms with Crippen LogP contribution in [-0.4, -0.2) is 5.11 Å². The number of hydrogen-bond acceptors (Lipinski definition) is 2. The molecule has 1 aliphatic heterocycles. The largest absolute Gasteiger partial charge is 0.506 e. The van der Waals surface area contributed by atoms with E-state index in [2.05, 4.69) is 5.32 Å². The summed E-state index contributed by atoms with van der Waals surface area (Å²) >= 11 is 5.71. The zero-order valence-electron chi connectivity index (χ0n) is 5.89. The highest BCUT2D eigenvalue weighted by Crippen LogP contribution is 2.28. The summed E-state index contributed by atoms with van der Waals surface area (Å²) in [5.74, 6) is 0.175. The van der Waals surface area contributed by atoms with Crippen LogP contribution in [0, 0.1) is 0 Å². The molecular formula is C8H8ClNO. The molecule has 0 aliphatic carbocycles. The summed E-state index contributed by atoms with van der Waals surface area (Å²) < 4.78 is 0. The van der Waals surface area contributed by atoms with Gasteiger partial charge < -0.3 is 10.4 Å². The van der Waals surface area contributed by atoms with Gasteiger partial charge in [-0.25, -0.2) is 0 Å². The lowest BCUT2D eigenvalue weighted by atomic mass is 10.1. The fraction of sp³-hybridized carbons (Fsp3) is 0.250. The quantitative estimate of drug-likeness (QED) is 0.619. The van der Waals surface area contributed by atoms with Gasteiger partial charge in [0, 0.05) is 13.1 Å². The van der Waals surface area contributed by atoms with Crippen LogP contribution in [0.2, 0.25) is 5.02 Å². The van der Waals surface area contributed by atoms with Crippen LogP contribution in [0.25, 0.3) is 0 Å². The average Bonchev–Trinajstić information content (AvgIpc) is 2.36. The van der Waals surface area contributed by atoms with Crippen molar-refractivity contribution in [3.05, 3.63) is 28.3 Å². The van der Waals surface area contributed by atoms with Gasteiger partial charge in [-0.2, -0.15) is 0 Å². The maximum Gasteiger partial charge on any atom is 0.134 e. The van der Waals surface area contributed by atoms with Crippen molar-refractivity contribution in [2.24, 2.45) is 0 Å². The molecule has 2 nitrogen and oxygen atoms in total. The topological polar surface area (TPSA) is 32.3 Å². The Labute approximate surface area is 69.8 Å². The Morgan fingerprint density at radius 3 is 2.64 bits per heavy atom. The number of benzene rings is 1. The van der Waals surface area contributed by atoms with E-state index in [0.29, 0.717) is 5.02 Å². The zero-order valence-corrected chi connectivity index (χ0v) is 6.65. The van der Waals surface area contributed by atoms with Gasteiger partial charge >= 0.3 is 0 Å². The van der Waals surface area contributed by atoms with Crippen LogP contribution in [0.4, 0.5) is 0 Å². The Balaban J connectivity index is 2.57. The highest BCUT2D eigenvalue weighted by atomic mass is 35.5. The second-order valence-corrected chi connectivity index (χ2v) is 3.08. The summed E-state index contributed by atoms with van der Waals surface area (Å²) in [5, 5.41) is 12.8. The van der Waals surface area contributed by atoms with Crippen LogP contribution in [0.1, 0.15) is 11.1 Å². The number of aromatic hydroxyl groups is 1. The molecular weight excluding hydrogens is 162 g/mol. The molecule has 0 fully saturated rings. The minimum Gasteiger partial charge on any atom is -0.506 e. The molecule has 2 rings (SSSR count). The van der Waals surface area contributed by atoms with Gasteiger partial charge in [0.1, 0.15) is 5.75 Å². The lowest BCUT2D eigenvalue weighted by Crippen LogP contribution is -1.99. The van der Waals surface area contributed by atoms with E-state index < -0.39 is 0 Å². The molecule has 0 saturated carbocycles. The molecule has 0 aromatic heterocycles. The molecule has 0 atom stereocenters. The predicted octanol–water partition coefficient (Wildman–Crippen LogP) is 1.65. The SMILES string of the molecule is Oc1cc2c(cc1Cl)CNC2. The van der Waals surface area contributed by atoms with Crippen LogP contribution in [0.3, 0.4) is 0 Å². The van der Waals surface area contributed by atoms with Crippen LogP contribution >= 0.6 is 11.6 Å². The lowest BCUT2D eigenvalue weighted by molar-refractivity contribution is 0.475. The third-order valence-corrected chi connectivity index (χ3v) is 2.20. The number of nitrogens with one attached hydrogen (secondary N) is 1. The second-order valence-electron chi connectivity index (χ2n) is 2.68. The molecule has 0 bridgehead atoms. The molecule has 1 aromatic carbocycles. The van der Waals surface area contributed by atoms with Crippen molar-refractivity contribution in [2.75, 3.05) is 0 Å². The number of rotatable bonds is 0. The first kappa shape index (κ1) is 6.95. The van der Waals surface area contributed by atoms with Gasteiger partial charge in [-0.1, -0.05) is 11.6 Å². The normalized spacial score (nSPS) is 15.0. The minimum atomic E-state index is 0.175. The number of phenols is 1. The standard InChI is InChI=1S/C8H8ClNO/c9-7-1-5-3-10-4-6(5)2-8(7)11/h1-2,10-11H,3-4H2. The molecule has 0 saturated heterocycles. The van der Waals surface area contributed by atoms with Crippen molar-refractivity contribution in [3.8, 4) is 5.75 Å². The van der Waals surface area contributed by atoms with E-state index in [0.717, 1.165) is 18.7 Å². The van der Waals surface area contributed by atoms with E-state index in [4.69, 9.17) is 11.6 Å². The van der Waals surface area contributed by atoms with E-state index in [-0.39, 0.29) is 5.75 Å². The molecule has 1 heterocycles. The first-order valence-corrected chi connectivity index (χ1v) is 3.86. The van der Waals surface area contributed by atoms with Crippen LogP contribution < -0.4 is 5.32 Å². The average molecular weight is 170 g/mol. The summed E-state index contributed by atoms with van der Waals surface area (Å²) in [6.07, 6.45) is 0. The number of halogens is 1.